The fourth-order valence-electron chi connectivity index (χ4n) is 4.89. The van der Waals surface area contributed by atoms with Gasteiger partial charge in [0.1, 0.15) is 6.04 Å². The van der Waals surface area contributed by atoms with Gasteiger partial charge < -0.3 is 19.5 Å². The second kappa shape index (κ2) is 8.44. The maximum Gasteiger partial charge on any atom is 0.174 e. The molecule has 0 aliphatic carbocycles. The average molecular weight is 433 g/mol. The second-order valence-electron chi connectivity index (χ2n) is 8.56. The Kier molecular flexibility index (Phi) is 5.50. The summed E-state index contributed by atoms with van der Waals surface area (Å²) in [5.41, 5.74) is 5.78. The van der Waals surface area contributed by atoms with E-state index in [2.05, 4.69) is 76.2 Å². The van der Waals surface area contributed by atoms with Gasteiger partial charge in [-0.15, -0.1) is 0 Å². The van der Waals surface area contributed by atoms with Crippen LogP contribution in [0.1, 0.15) is 47.4 Å². The van der Waals surface area contributed by atoms with Gasteiger partial charge in [-0.1, -0.05) is 12.1 Å². The van der Waals surface area contributed by atoms with E-state index in [1.165, 1.54) is 16.8 Å². The Bertz CT molecular complexity index is 1050. The quantitative estimate of drug-likeness (QED) is 0.584. The van der Waals surface area contributed by atoms with Crippen molar-refractivity contribution in [2.75, 3.05) is 11.5 Å². The van der Waals surface area contributed by atoms with Crippen LogP contribution >= 0.6 is 12.2 Å². The molecule has 4 heterocycles. The lowest BCUT2D eigenvalue weighted by molar-refractivity contribution is 0.0961. The van der Waals surface area contributed by atoms with Crippen molar-refractivity contribution in [1.29, 1.82) is 0 Å². The molecule has 31 heavy (non-hydrogen) atoms. The molecule has 160 valence electrons. The molecule has 2 saturated heterocycles. The monoisotopic (exact) mass is 432 g/mol. The molecule has 2 fully saturated rings. The van der Waals surface area contributed by atoms with E-state index in [0.717, 1.165) is 42.5 Å². The number of thiocarbonyl (C=S) groups is 1. The summed E-state index contributed by atoms with van der Waals surface area (Å²) in [4.78, 5) is 6.93. The van der Waals surface area contributed by atoms with Gasteiger partial charge in [0.25, 0.3) is 0 Å². The zero-order chi connectivity index (χ0) is 21.4. The summed E-state index contributed by atoms with van der Waals surface area (Å²) < 4.78 is 8.27. The zero-order valence-electron chi connectivity index (χ0n) is 18.0. The molecule has 0 amide bonds. The number of ether oxygens (including phenoxy) is 1. The summed E-state index contributed by atoms with van der Waals surface area (Å²) in [6, 6.07) is 17.0. The Morgan fingerprint density at radius 2 is 1.97 bits per heavy atom. The molecule has 0 saturated carbocycles. The van der Waals surface area contributed by atoms with Crippen LogP contribution in [-0.2, 0) is 11.3 Å². The predicted octanol–water partition coefficient (Wildman–Crippen LogP) is 4.86. The number of nitrogens with zero attached hydrogens (tertiary/aromatic N) is 3. The van der Waals surface area contributed by atoms with E-state index in [1.807, 2.05) is 18.3 Å². The number of aryl methyl sites for hydroxylation is 2. The number of hydrogen-bond acceptors (Lipinski definition) is 3. The molecule has 6 heteroatoms. The first-order valence-electron chi connectivity index (χ1n) is 11.0. The van der Waals surface area contributed by atoms with Crippen LogP contribution in [0.15, 0.2) is 60.9 Å². The molecule has 0 radical (unpaired) electrons. The first kappa shape index (κ1) is 20.2. The van der Waals surface area contributed by atoms with E-state index in [-0.39, 0.29) is 18.2 Å². The van der Waals surface area contributed by atoms with Gasteiger partial charge in [0.15, 0.2) is 5.11 Å². The highest BCUT2D eigenvalue weighted by Crippen LogP contribution is 2.42. The van der Waals surface area contributed by atoms with Crippen LogP contribution in [0, 0.1) is 13.8 Å². The Hall–Kier alpha value is -2.70. The summed E-state index contributed by atoms with van der Waals surface area (Å²) in [7, 11) is 0. The molecule has 0 unspecified atom stereocenters. The molecular weight excluding hydrogens is 404 g/mol. The number of pyridine rings is 1. The number of hydrogen-bond donors (Lipinski definition) is 1. The van der Waals surface area contributed by atoms with Crippen molar-refractivity contribution in [2.45, 2.75) is 51.4 Å². The number of nitrogens with one attached hydrogen (secondary N) is 1. The van der Waals surface area contributed by atoms with E-state index in [4.69, 9.17) is 17.0 Å². The summed E-state index contributed by atoms with van der Waals surface area (Å²) in [6.07, 6.45) is 6.54. The van der Waals surface area contributed by atoms with Gasteiger partial charge in [-0.2, -0.15) is 0 Å². The molecule has 0 spiro atoms. The second-order valence-corrected chi connectivity index (χ2v) is 8.95. The lowest BCUT2D eigenvalue weighted by Gasteiger charge is -2.30. The van der Waals surface area contributed by atoms with Crippen molar-refractivity contribution in [3.8, 4) is 0 Å². The third-order valence-electron chi connectivity index (χ3n) is 6.17. The molecule has 1 N–H and O–H groups in total. The number of aromatic nitrogens is 2. The highest BCUT2D eigenvalue weighted by Gasteiger charge is 2.42. The number of rotatable bonds is 5. The maximum atomic E-state index is 5.93. The topological polar surface area (TPSA) is 42.3 Å². The maximum absolute atomic E-state index is 5.93. The summed E-state index contributed by atoms with van der Waals surface area (Å²) in [6.45, 7) is 5.99. The summed E-state index contributed by atoms with van der Waals surface area (Å²) in [5.74, 6) is 0. The third kappa shape index (κ3) is 3.98. The highest BCUT2D eigenvalue weighted by atomic mass is 32.1. The Balaban J connectivity index is 1.59. The van der Waals surface area contributed by atoms with Gasteiger partial charge in [0.05, 0.1) is 17.8 Å². The Morgan fingerprint density at radius 3 is 2.68 bits per heavy atom. The van der Waals surface area contributed by atoms with Crippen molar-refractivity contribution in [3.63, 3.8) is 0 Å². The minimum Gasteiger partial charge on any atom is -0.376 e. The van der Waals surface area contributed by atoms with Crippen LogP contribution in [0.2, 0.25) is 0 Å². The van der Waals surface area contributed by atoms with E-state index in [0.29, 0.717) is 0 Å². The van der Waals surface area contributed by atoms with Gasteiger partial charge in [0.2, 0.25) is 0 Å². The molecule has 3 atom stereocenters. The highest BCUT2D eigenvalue weighted by molar-refractivity contribution is 7.80. The standard InChI is InChI=1S/C25H28N4OS/c1-17-13-18(2)15-19(14-17)29-24(23(27-25(29)31)21-8-3-4-10-26-21)22-9-5-11-28(22)16-20-7-6-12-30-20/h3-5,8-11,13-15,20,23-24H,6-7,12,16H2,1-2H3,(H,27,31)/t20-,23+,24+/m0/s1. The van der Waals surface area contributed by atoms with Crippen molar-refractivity contribution < 1.29 is 4.74 Å². The van der Waals surface area contributed by atoms with Crippen molar-refractivity contribution in [1.82, 2.24) is 14.9 Å². The fourth-order valence-corrected chi connectivity index (χ4v) is 5.24. The first-order chi connectivity index (χ1) is 15.1. The SMILES string of the molecule is Cc1cc(C)cc(N2C(=S)N[C@H](c3ccccn3)[C@H]2c2cccn2C[C@@H]2CCCO2)c1. The third-order valence-corrected chi connectivity index (χ3v) is 6.49. The van der Waals surface area contributed by atoms with Crippen LogP contribution in [0.5, 0.6) is 0 Å². The zero-order valence-corrected chi connectivity index (χ0v) is 18.8. The molecule has 2 aromatic heterocycles. The van der Waals surface area contributed by atoms with Gasteiger partial charge in [-0.05, 0) is 86.4 Å². The molecular formula is C25H28N4OS. The van der Waals surface area contributed by atoms with Crippen LogP contribution < -0.4 is 10.2 Å². The number of anilines is 1. The van der Waals surface area contributed by atoms with E-state index < -0.39 is 0 Å². The van der Waals surface area contributed by atoms with E-state index in [1.54, 1.807) is 0 Å². The van der Waals surface area contributed by atoms with Crippen molar-refractivity contribution in [3.05, 3.63) is 83.4 Å². The Labute approximate surface area is 189 Å². The van der Waals surface area contributed by atoms with Gasteiger partial charge in [-0.3, -0.25) is 4.98 Å². The number of benzene rings is 1. The minimum atomic E-state index is -0.0346. The van der Waals surface area contributed by atoms with Crippen LogP contribution in [0.3, 0.4) is 0 Å². The van der Waals surface area contributed by atoms with Crippen LogP contribution in [-0.4, -0.2) is 27.4 Å². The molecule has 5 rings (SSSR count). The van der Waals surface area contributed by atoms with E-state index in [9.17, 15) is 0 Å². The minimum absolute atomic E-state index is 0.00000283. The van der Waals surface area contributed by atoms with Crippen LogP contribution in [0.25, 0.3) is 0 Å². The van der Waals surface area contributed by atoms with Gasteiger partial charge >= 0.3 is 0 Å². The lowest BCUT2D eigenvalue weighted by atomic mass is 10.00. The Morgan fingerprint density at radius 1 is 1.13 bits per heavy atom. The van der Waals surface area contributed by atoms with Gasteiger partial charge in [-0.25, -0.2) is 0 Å². The smallest absolute Gasteiger partial charge is 0.174 e. The average Bonchev–Trinajstić information content (AvgIpc) is 3.48. The van der Waals surface area contributed by atoms with E-state index >= 15 is 0 Å². The molecule has 0 bridgehead atoms. The van der Waals surface area contributed by atoms with Crippen molar-refractivity contribution in [2.24, 2.45) is 0 Å². The summed E-state index contributed by atoms with van der Waals surface area (Å²) in [5, 5.41) is 4.30. The van der Waals surface area contributed by atoms with Crippen LogP contribution in [0.4, 0.5) is 5.69 Å². The van der Waals surface area contributed by atoms with Crippen molar-refractivity contribution >= 4 is 23.0 Å². The molecule has 2 aliphatic heterocycles. The molecule has 1 aromatic carbocycles. The lowest BCUT2D eigenvalue weighted by Crippen LogP contribution is -2.31. The molecule has 3 aromatic rings. The first-order valence-corrected chi connectivity index (χ1v) is 11.4. The molecule has 5 nitrogen and oxygen atoms in total. The van der Waals surface area contributed by atoms with Gasteiger partial charge in [0, 0.05) is 36.9 Å². The fraction of sp³-hybridized carbons (Fsp3) is 0.360. The largest absolute Gasteiger partial charge is 0.376 e. The predicted molar refractivity (Wildman–Crippen MR) is 127 cm³/mol. The normalized spacial score (nSPS) is 23.4. The molecule has 2 aliphatic rings. The summed E-state index contributed by atoms with van der Waals surface area (Å²) >= 11 is 5.88.